The normalized spacial score (nSPS) is 19.3. The molecule has 2 fully saturated rings. The Morgan fingerprint density at radius 1 is 1.04 bits per heavy atom. The number of rotatable bonds is 5. The highest BCUT2D eigenvalue weighted by Gasteiger charge is 2.27. The Bertz CT molecular complexity index is 726. The minimum Gasteiger partial charge on any atom is -0.347 e. The van der Waals surface area contributed by atoms with E-state index < -0.39 is 0 Å². The van der Waals surface area contributed by atoms with Crippen molar-refractivity contribution < 1.29 is 4.79 Å². The van der Waals surface area contributed by atoms with Crippen LogP contribution in [0.2, 0.25) is 0 Å². The van der Waals surface area contributed by atoms with Crippen molar-refractivity contribution in [3.63, 3.8) is 0 Å². The Balaban J connectivity index is 1.17. The highest BCUT2D eigenvalue weighted by molar-refractivity contribution is 5.79. The SMILES string of the molecule is O=C(NCCCn1ccc2ccccc21)N1CCN(C2CCCC2)CC1. The van der Waals surface area contributed by atoms with Crippen molar-refractivity contribution in [3.05, 3.63) is 36.5 Å². The number of hydrogen-bond donors (Lipinski definition) is 1. The van der Waals surface area contributed by atoms with Crippen molar-refractivity contribution in [2.75, 3.05) is 32.7 Å². The lowest BCUT2D eigenvalue weighted by Crippen LogP contribution is -2.53. The molecule has 1 aliphatic carbocycles. The van der Waals surface area contributed by atoms with Crippen LogP contribution in [-0.4, -0.2) is 59.2 Å². The number of piperazine rings is 1. The molecule has 140 valence electrons. The summed E-state index contributed by atoms with van der Waals surface area (Å²) in [7, 11) is 0. The van der Waals surface area contributed by atoms with Gasteiger partial charge in [-0.3, -0.25) is 4.90 Å². The van der Waals surface area contributed by atoms with Crippen molar-refractivity contribution in [1.82, 2.24) is 19.7 Å². The van der Waals surface area contributed by atoms with E-state index in [4.69, 9.17) is 0 Å². The van der Waals surface area contributed by atoms with Gasteiger partial charge >= 0.3 is 6.03 Å². The summed E-state index contributed by atoms with van der Waals surface area (Å²) in [6.07, 6.45) is 8.53. The van der Waals surface area contributed by atoms with E-state index in [1.807, 2.05) is 4.90 Å². The van der Waals surface area contributed by atoms with E-state index in [1.165, 1.54) is 36.6 Å². The number of carbonyl (C=O) groups is 1. The zero-order valence-electron chi connectivity index (χ0n) is 15.6. The molecule has 1 saturated carbocycles. The first-order chi connectivity index (χ1) is 12.8. The van der Waals surface area contributed by atoms with Crippen LogP contribution in [0.3, 0.4) is 0 Å². The summed E-state index contributed by atoms with van der Waals surface area (Å²) in [6.45, 7) is 5.47. The molecule has 2 heterocycles. The molecule has 1 aromatic carbocycles. The molecule has 1 N–H and O–H groups in total. The van der Waals surface area contributed by atoms with Gasteiger partial charge in [0.05, 0.1) is 0 Å². The Morgan fingerprint density at radius 2 is 1.81 bits per heavy atom. The highest BCUT2D eigenvalue weighted by atomic mass is 16.2. The second-order valence-electron chi connectivity index (χ2n) is 7.61. The lowest BCUT2D eigenvalue weighted by molar-refractivity contribution is 0.109. The maximum absolute atomic E-state index is 12.4. The van der Waals surface area contributed by atoms with Gasteiger partial charge in [-0.15, -0.1) is 0 Å². The van der Waals surface area contributed by atoms with E-state index in [9.17, 15) is 4.79 Å². The number of aromatic nitrogens is 1. The molecule has 4 rings (SSSR count). The molecule has 2 amide bonds. The maximum Gasteiger partial charge on any atom is 0.317 e. The number of fused-ring (bicyclic) bond motifs is 1. The van der Waals surface area contributed by atoms with Crippen LogP contribution in [0.5, 0.6) is 0 Å². The molecule has 5 nitrogen and oxygen atoms in total. The largest absolute Gasteiger partial charge is 0.347 e. The van der Waals surface area contributed by atoms with Crippen molar-refractivity contribution >= 4 is 16.9 Å². The van der Waals surface area contributed by atoms with E-state index in [0.717, 1.165) is 51.7 Å². The van der Waals surface area contributed by atoms with Crippen LogP contribution in [-0.2, 0) is 6.54 Å². The smallest absolute Gasteiger partial charge is 0.317 e. The molecule has 1 aromatic heterocycles. The Labute approximate surface area is 155 Å². The zero-order chi connectivity index (χ0) is 17.8. The first kappa shape index (κ1) is 17.4. The third kappa shape index (κ3) is 3.88. The molecule has 1 saturated heterocycles. The first-order valence-electron chi connectivity index (χ1n) is 10.1. The van der Waals surface area contributed by atoms with Crippen molar-refractivity contribution in [3.8, 4) is 0 Å². The molecule has 0 bridgehead atoms. The van der Waals surface area contributed by atoms with Gasteiger partial charge < -0.3 is 14.8 Å². The number of para-hydroxylation sites is 1. The number of urea groups is 1. The molecular weight excluding hydrogens is 324 g/mol. The second-order valence-corrected chi connectivity index (χ2v) is 7.61. The van der Waals surface area contributed by atoms with Crippen molar-refractivity contribution in [1.29, 1.82) is 0 Å². The predicted molar refractivity (Wildman–Crippen MR) is 105 cm³/mol. The van der Waals surface area contributed by atoms with Gasteiger partial charge in [0.25, 0.3) is 0 Å². The van der Waals surface area contributed by atoms with Crippen LogP contribution in [0.1, 0.15) is 32.1 Å². The Hall–Kier alpha value is -2.01. The van der Waals surface area contributed by atoms with Crippen LogP contribution in [0, 0.1) is 0 Å². The van der Waals surface area contributed by atoms with Gasteiger partial charge in [0.2, 0.25) is 0 Å². The summed E-state index contributed by atoms with van der Waals surface area (Å²) in [5.41, 5.74) is 1.27. The lowest BCUT2D eigenvalue weighted by atomic mass is 10.2. The predicted octanol–water partition coefficient (Wildman–Crippen LogP) is 3.30. The number of carbonyl (C=O) groups excluding carboxylic acids is 1. The van der Waals surface area contributed by atoms with Crippen LogP contribution in [0.25, 0.3) is 10.9 Å². The number of benzene rings is 1. The zero-order valence-corrected chi connectivity index (χ0v) is 15.6. The van der Waals surface area contributed by atoms with E-state index >= 15 is 0 Å². The van der Waals surface area contributed by atoms with E-state index in [1.54, 1.807) is 0 Å². The minimum absolute atomic E-state index is 0.105. The van der Waals surface area contributed by atoms with Gasteiger partial charge in [0.15, 0.2) is 0 Å². The minimum atomic E-state index is 0.105. The molecule has 2 aliphatic rings. The topological polar surface area (TPSA) is 40.5 Å². The molecule has 2 aromatic rings. The van der Waals surface area contributed by atoms with Crippen LogP contribution in [0.15, 0.2) is 36.5 Å². The number of amides is 2. The molecular formula is C21H30N4O. The lowest BCUT2D eigenvalue weighted by Gasteiger charge is -2.38. The molecule has 0 unspecified atom stereocenters. The quantitative estimate of drug-likeness (QED) is 0.837. The van der Waals surface area contributed by atoms with Gasteiger partial charge in [-0.2, -0.15) is 0 Å². The van der Waals surface area contributed by atoms with Gasteiger partial charge in [-0.1, -0.05) is 31.0 Å². The van der Waals surface area contributed by atoms with E-state index in [0.29, 0.717) is 0 Å². The third-order valence-electron chi connectivity index (χ3n) is 5.97. The van der Waals surface area contributed by atoms with Gasteiger partial charge in [-0.25, -0.2) is 4.79 Å². The maximum atomic E-state index is 12.4. The van der Waals surface area contributed by atoms with Gasteiger partial charge in [0, 0.05) is 57.0 Å². The van der Waals surface area contributed by atoms with Crippen molar-refractivity contribution in [2.45, 2.75) is 44.7 Å². The summed E-state index contributed by atoms with van der Waals surface area (Å²) < 4.78 is 2.27. The molecule has 26 heavy (non-hydrogen) atoms. The van der Waals surface area contributed by atoms with Crippen LogP contribution in [0.4, 0.5) is 4.79 Å². The Morgan fingerprint density at radius 3 is 2.62 bits per heavy atom. The summed E-state index contributed by atoms with van der Waals surface area (Å²) >= 11 is 0. The molecule has 0 spiro atoms. The number of nitrogens with one attached hydrogen (secondary N) is 1. The molecule has 1 aliphatic heterocycles. The highest BCUT2D eigenvalue weighted by Crippen LogP contribution is 2.24. The summed E-state index contributed by atoms with van der Waals surface area (Å²) in [5, 5.41) is 4.38. The molecule has 0 atom stereocenters. The third-order valence-corrected chi connectivity index (χ3v) is 5.97. The summed E-state index contributed by atoms with van der Waals surface area (Å²) in [4.78, 5) is 17.0. The summed E-state index contributed by atoms with van der Waals surface area (Å²) in [5.74, 6) is 0. The average Bonchev–Trinajstić information content (AvgIpc) is 3.35. The fourth-order valence-corrected chi connectivity index (χ4v) is 4.45. The monoisotopic (exact) mass is 354 g/mol. The van der Waals surface area contributed by atoms with Crippen molar-refractivity contribution in [2.24, 2.45) is 0 Å². The Kier molecular flexibility index (Phi) is 5.44. The standard InChI is InChI=1S/C21H30N4O/c26-21(25-16-14-23(15-17-25)19-7-2-3-8-19)22-11-5-12-24-13-10-18-6-1-4-9-20(18)24/h1,4,6,9-10,13,19H,2-3,5,7-8,11-12,14-17H2,(H,22,26). The van der Waals surface area contributed by atoms with Gasteiger partial charge in [-0.05, 0) is 36.8 Å². The fraction of sp³-hybridized carbons (Fsp3) is 0.571. The fourth-order valence-electron chi connectivity index (χ4n) is 4.45. The number of nitrogens with zero attached hydrogens (tertiary/aromatic N) is 3. The van der Waals surface area contributed by atoms with E-state index in [2.05, 4.69) is 51.3 Å². The number of hydrogen-bond acceptors (Lipinski definition) is 2. The van der Waals surface area contributed by atoms with Crippen LogP contribution < -0.4 is 5.32 Å². The second kappa shape index (κ2) is 8.12. The van der Waals surface area contributed by atoms with E-state index in [-0.39, 0.29) is 6.03 Å². The average molecular weight is 354 g/mol. The number of aryl methyl sites for hydroxylation is 1. The molecule has 5 heteroatoms. The molecule has 0 radical (unpaired) electrons. The summed E-state index contributed by atoms with van der Waals surface area (Å²) in [6, 6.07) is 11.5. The first-order valence-corrected chi connectivity index (χ1v) is 10.1. The van der Waals surface area contributed by atoms with Crippen LogP contribution >= 0.6 is 0 Å². The van der Waals surface area contributed by atoms with Gasteiger partial charge in [0.1, 0.15) is 0 Å².